The third kappa shape index (κ3) is 20.2. The van der Waals surface area contributed by atoms with Crippen LogP contribution in [0.2, 0.25) is 77.1 Å². The van der Waals surface area contributed by atoms with Crippen LogP contribution in [0.4, 0.5) is 0 Å². The molecule has 3 atom stereocenters. The molecular formula is C26H63NO6Si4. The van der Waals surface area contributed by atoms with E-state index in [9.17, 15) is 10.2 Å². The molecule has 0 bridgehead atoms. The Morgan fingerprint density at radius 1 is 0.757 bits per heavy atom. The van der Waals surface area contributed by atoms with Crippen molar-refractivity contribution in [3.05, 3.63) is 0 Å². The van der Waals surface area contributed by atoms with Gasteiger partial charge in [-0.2, -0.15) is 0 Å². The van der Waals surface area contributed by atoms with Crippen LogP contribution in [0.1, 0.15) is 19.8 Å². The first-order valence-electron chi connectivity index (χ1n) is 14.2. The predicted octanol–water partition coefficient (Wildman–Crippen LogP) is 5.25. The van der Waals surface area contributed by atoms with Gasteiger partial charge in [0.1, 0.15) is 0 Å². The normalized spacial score (nSPS) is 16.3. The molecule has 0 amide bonds. The number of ether oxygens (including phenoxy) is 2. The molecule has 0 fully saturated rings. The van der Waals surface area contributed by atoms with Crippen LogP contribution in [0.5, 0.6) is 0 Å². The van der Waals surface area contributed by atoms with Gasteiger partial charge in [-0.05, 0) is 77.2 Å². The average molecular weight is 598 g/mol. The maximum Gasteiger partial charge on any atom is 0.216 e. The van der Waals surface area contributed by atoms with E-state index in [-0.39, 0.29) is 0 Å². The molecule has 2 N–H and O–H groups in total. The minimum Gasteiger partial charge on any atom is -0.455 e. The van der Waals surface area contributed by atoms with Gasteiger partial charge in [-0.3, -0.25) is 0 Å². The highest BCUT2D eigenvalue weighted by Crippen LogP contribution is 2.24. The molecule has 0 saturated heterocycles. The topological polar surface area (TPSA) is 80.6 Å². The molecule has 0 aliphatic carbocycles. The van der Waals surface area contributed by atoms with Crippen molar-refractivity contribution in [1.29, 1.82) is 0 Å². The fourth-order valence-electron chi connectivity index (χ4n) is 4.93. The van der Waals surface area contributed by atoms with Crippen molar-refractivity contribution in [3.63, 3.8) is 0 Å². The minimum atomic E-state index is -2.06. The van der Waals surface area contributed by atoms with E-state index in [0.717, 1.165) is 31.5 Å². The molecule has 0 radical (unpaired) electrons. The molecule has 7 nitrogen and oxygen atoms in total. The van der Waals surface area contributed by atoms with Crippen LogP contribution in [0.3, 0.4) is 0 Å². The van der Waals surface area contributed by atoms with Crippen LogP contribution in [-0.2, 0) is 18.0 Å². The van der Waals surface area contributed by atoms with Crippen molar-refractivity contribution in [3.8, 4) is 0 Å². The summed E-state index contributed by atoms with van der Waals surface area (Å²) in [6.45, 7) is 26.5. The summed E-state index contributed by atoms with van der Waals surface area (Å²) >= 11 is 0. The molecule has 0 aromatic carbocycles. The van der Waals surface area contributed by atoms with Crippen molar-refractivity contribution < 1.29 is 28.2 Å². The predicted molar refractivity (Wildman–Crippen MR) is 168 cm³/mol. The summed E-state index contributed by atoms with van der Waals surface area (Å²) in [7, 11) is -2.89. The molecule has 3 unspecified atom stereocenters. The van der Waals surface area contributed by atoms with Gasteiger partial charge in [-0.1, -0.05) is 32.6 Å². The molecule has 0 aromatic heterocycles. The second-order valence-electron chi connectivity index (χ2n) is 14.0. The lowest BCUT2D eigenvalue weighted by Crippen LogP contribution is -2.46. The number of hydrogen-bond acceptors (Lipinski definition) is 7. The molecule has 11 heteroatoms. The molecule has 37 heavy (non-hydrogen) atoms. The van der Waals surface area contributed by atoms with Crippen molar-refractivity contribution in [1.82, 2.24) is 4.90 Å². The van der Waals surface area contributed by atoms with Gasteiger partial charge < -0.3 is 33.1 Å². The van der Waals surface area contributed by atoms with Crippen LogP contribution in [0, 0.1) is 5.92 Å². The maximum atomic E-state index is 10.4. The Morgan fingerprint density at radius 2 is 1.24 bits per heavy atom. The highest BCUT2D eigenvalue weighted by atomic mass is 28.4. The zero-order valence-electron chi connectivity index (χ0n) is 26.5. The van der Waals surface area contributed by atoms with Crippen LogP contribution in [-0.4, -0.2) is 114 Å². The molecule has 0 rings (SSSR count). The largest absolute Gasteiger partial charge is 0.455 e. The molecule has 0 heterocycles. The molecule has 0 aliphatic heterocycles. The monoisotopic (exact) mass is 597 g/mol. The van der Waals surface area contributed by atoms with Gasteiger partial charge in [0.2, 0.25) is 8.32 Å². The van der Waals surface area contributed by atoms with E-state index in [1.165, 1.54) is 6.04 Å². The van der Waals surface area contributed by atoms with Crippen molar-refractivity contribution in [2.45, 2.75) is 109 Å². The van der Waals surface area contributed by atoms with Crippen LogP contribution in [0.15, 0.2) is 0 Å². The standard InChI is InChI=1S/C26H63NO6Si4/c1-24(23-34(4,5)6)19-27(2)20-25(28)21-31-15-13-17-35(7,8)33-36(9,10)18-14-16-32-22-26(29)37(11,12)30-3/h24-26,28-29H,13-23H2,1-12H3. The summed E-state index contributed by atoms with van der Waals surface area (Å²) in [5.74, 6) is 0.667. The highest BCUT2D eigenvalue weighted by molar-refractivity contribution is 6.84. The maximum absolute atomic E-state index is 10.4. The van der Waals surface area contributed by atoms with Crippen molar-refractivity contribution in [2.24, 2.45) is 5.92 Å². The molecule has 0 spiro atoms. The van der Waals surface area contributed by atoms with E-state index < -0.39 is 44.9 Å². The SMILES string of the molecule is CO[Si](C)(C)C(O)COCCC[Si](C)(C)O[Si](C)(C)CCCOCC(O)CN(C)CC(C)C[Si](C)(C)C. The number of aliphatic hydroxyl groups is 2. The van der Waals surface area contributed by atoms with E-state index in [1.54, 1.807) is 7.11 Å². The third-order valence-corrected chi connectivity index (χ3v) is 19.0. The Balaban J connectivity index is 4.11. The smallest absolute Gasteiger partial charge is 0.216 e. The lowest BCUT2D eigenvalue weighted by Gasteiger charge is -2.34. The van der Waals surface area contributed by atoms with Crippen molar-refractivity contribution >= 4 is 33.0 Å². The molecule has 0 aliphatic rings. The number of rotatable bonds is 22. The Labute approximate surface area is 234 Å². The summed E-state index contributed by atoms with van der Waals surface area (Å²) in [5.41, 5.74) is -0.502. The van der Waals surface area contributed by atoms with E-state index in [0.29, 0.717) is 38.9 Å². The van der Waals surface area contributed by atoms with Gasteiger partial charge >= 0.3 is 0 Å². The van der Waals surface area contributed by atoms with Crippen LogP contribution >= 0.6 is 0 Å². The fourth-order valence-corrected chi connectivity index (χ4v) is 16.7. The van der Waals surface area contributed by atoms with E-state index in [1.807, 2.05) is 13.1 Å². The zero-order valence-corrected chi connectivity index (χ0v) is 30.5. The number of nitrogens with zero attached hydrogens (tertiary/aromatic N) is 1. The highest BCUT2D eigenvalue weighted by Gasteiger charge is 2.33. The minimum absolute atomic E-state index is 0.346. The van der Waals surface area contributed by atoms with Gasteiger partial charge in [-0.25, -0.2) is 0 Å². The third-order valence-electron chi connectivity index (χ3n) is 6.71. The Kier molecular flexibility index (Phi) is 17.7. The quantitative estimate of drug-likeness (QED) is 0.130. The summed E-state index contributed by atoms with van der Waals surface area (Å²) in [6.07, 6.45) is 1.49. The first-order valence-corrected chi connectivity index (χ1v) is 27.2. The molecular weight excluding hydrogens is 535 g/mol. The van der Waals surface area contributed by atoms with Gasteiger partial charge in [0.25, 0.3) is 0 Å². The van der Waals surface area contributed by atoms with Gasteiger partial charge in [0.15, 0.2) is 16.6 Å². The first kappa shape index (κ1) is 37.6. The van der Waals surface area contributed by atoms with Gasteiger partial charge in [-0.15, -0.1) is 0 Å². The summed E-state index contributed by atoms with van der Waals surface area (Å²) in [6, 6.07) is 3.43. The van der Waals surface area contributed by atoms with Gasteiger partial charge in [0, 0.05) is 41.5 Å². The van der Waals surface area contributed by atoms with E-state index in [4.69, 9.17) is 18.0 Å². The van der Waals surface area contributed by atoms with Crippen LogP contribution in [0.25, 0.3) is 0 Å². The molecule has 0 saturated carbocycles. The first-order chi connectivity index (χ1) is 16.8. The Hall–Kier alpha value is 0.588. The lowest BCUT2D eigenvalue weighted by atomic mass is 10.2. The summed E-state index contributed by atoms with van der Waals surface area (Å²) in [4.78, 5) is 2.24. The lowest BCUT2D eigenvalue weighted by molar-refractivity contribution is 0.0194. The Morgan fingerprint density at radius 3 is 1.70 bits per heavy atom. The van der Waals surface area contributed by atoms with Crippen LogP contribution < -0.4 is 0 Å². The molecule has 0 aromatic rings. The van der Waals surface area contributed by atoms with E-state index >= 15 is 0 Å². The zero-order chi connectivity index (χ0) is 28.9. The second kappa shape index (κ2) is 17.4. The van der Waals surface area contributed by atoms with E-state index in [2.05, 4.69) is 64.7 Å². The Bertz CT molecular complexity index is 604. The van der Waals surface area contributed by atoms with Gasteiger partial charge in [0.05, 0.1) is 25.0 Å². The number of hydrogen-bond donors (Lipinski definition) is 2. The number of aliphatic hydroxyl groups excluding tert-OH is 2. The van der Waals surface area contributed by atoms with Crippen molar-refractivity contribution in [2.75, 3.05) is 53.7 Å². The summed E-state index contributed by atoms with van der Waals surface area (Å²) < 4.78 is 23.7. The second-order valence-corrected chi connectivity index (χ2v) is 32.7. The molecule has 224 valence electrons. The number of likely N-dealkylation sites (N-methyl/N-ethyl adjacent to an activating group) is 1. The summed E-state index contributed by atoms with van der Waals surface area (Å²) in [5, 5.41) is 20.6. The fraction of sp³-hybridized carbons (Fsp3) is 1.00. The average Bonchev–Trinajstić information content (AvgIpc) is 2.70.